The Kier molecular flexibility index (Phi) is 6.78. The van der Waals surface area contributed by atoms with Crippen molar-refractivity contribution in [2.24, 2.45) is 0 Å². The molecule has 0 spiro atoms. The Morgan fingerprint density at radius 2 is 0.950 bits per heavy atom. The highest BCUT2D eigenvalue weighted by molar-refractivity contribution is 6.02. The number of esters is 2. The van der Waals surface area contributed by atoms with Gasteiger partial charge in [0.2, 0.25) is 0 Å². The molecule has 0 fully saturated rings. The van der Waals surface area contributed by atoms with Crippen molar-refractivity contribution in [2.75, 3.05) is 0 Å². The van der Waals surface area contributed by atoms with E-state index in [-0.39, 0.29) is 22.6 Å². The first kappa shape index (κ1) is 26.5. The number of carbonyl (C=O) groups is 2. The molecular formula is C34H24F2O4. The van der Waals surface area contributed by atoms with Crippen LogP contribution in [0, 0.1) is 11.6 Å². The van der Waals surface area contributed by atoms with Crippen molar-refractivity contribution in [3.63, 3.8) is 0 Å². The van der Waals surface area contributed by atoms with Crippen molar-refractivity contribution in [1.29, 1.82) is 0 Å². The van der Waals surface area contributed by atoms with Gasteiger partial charge in [-0.05, 0) is 89.2 Å². The first-order chi connectivity index (χ1) is 19.0. The maximum Gasteiger partial charge on any atom is 0.338 e. The largest absolute Gasteiger partial charge is 0.423 e. The molecule has 0 N–H and O–H groups in total. The second-order valence-electron chi connectivity index (χ2n) is 9.62. The molecule has 0 bridgehead atoms. The molecule has 1 aliphatic carbocycles. The van der Waals surface area contributed by atoms with Gasteiger partial charge in [0.05, 0.1) is 0 Å². The van der Waals surface area contributed by atoms with E-state index in [0.29, 0.717) is 22.3 Å². The van der Waals surface area contributed by atoms with Crippen molar-refractivity contribution >= 4 is 17.5 Å². The van der Waals surface area contributed by atoms with Crippen molar-refractivity contribution < 1.29 is 27.8 Å². The zero-order chi connectivity index (χ0) is 28.7. The molecular weight excluding hydrogens is 510 g/mol. The average molecular weight is 535 g/mol. The fourth-order valence-corrected chi connectivity index (χ4v) is 4.51. The number of hydrogen-bond acceptors (Lipinski definition) is 4. The van der Waals surface area contributed by atoms with Gasteiger partial charge in [0, 0.05) is 34.4 Å². The van der Waals surface area contributed by atoms with Crippen molar-refractivity contribution in [2.45, 2.75) is 13.8 Å². The topological polar surface area (TPSA) is 52.6 Å². The van der Waals surface area contributed by atoms with E-state index in [1.54, 1.807) is 12.1 Å². The Labute approximate surface area is 230 Å². The zero-order valence-electron chi connectivity index (χ0n) is 21.9. The number of benzene rings is 4. The van der Waals surface area contributed by atoms with Gasteiger partial charge in [0.15, 0.2) is 0 Å². The zero-order valence-corrected chi connectivity index (χ0v) is 21.9. The van der Waals surface area contributed by atoms with E-state index >= 15 is 8.78 Å². The van der Waals surface area contributed by atoms with Gasteiger partial charge in [0.25, 0.3) is 0 Å². The predicted molar refractivity (Wildman–Crippen MR) is 152 cm³/mol. The van der Waals surface area contributed by atoms with E-state index in [9.17, 15) is 9.59 Å². The molecule has 6 heteroatoms. The van der Waals surface area contributed by atoms with E-state index in [2.05, 4.69) is 19.7 Å². The lowest BCUT2D eigenvalue weighted by Crippen LogP contribution is -2.08. The third kappa shape index (κ3) is 4.87. The third-order valence-corrected chi connectivity index (χ3v) is 6.60. The Hall–Kier alpha value is -5.10. The minimum Gasteiger partial charge on any atom is -0.423 e. The summed E-state index contributed by atoms with van der Waals surface area (Å²) in [7, 11) is 0. The van der Waals surface area contributed by atoms with Crippen LogP contribution in [0.5, 0.6) is 11.5 Å². The smallest absolute Gasteiger partial charge is 0.338 e. The molecule has 5 rings (SSSR count). The molecule has 0 aromatic heterocycles. The summed E-state index contributed by atoms with van der Waals surface area (Å²) in [6.07, 6.45) is 0. The molecule has 0 radical (unpaired) electrons. The highest BCUT2D eigenvalue weighted by Crippen LogP contribution is 2.46. The maximum atomic E-state index is 15.0. The van der Waals surface area contributed by atoms with Gasteiger partial charge in [-0.15, -0.1) is 0 Å². The Morgan fingerprint density at radius 1 is 0.575 bits per heavy atom. The second-order valence-corrected chi connectivity index (χ2v) is 9.62. The van der Waals surface area contributed by atoms with Gasteiger partial charge < -0.3 is 9.47 Å². The van der Waals surface area contributed by atoms with Crippen LogP contribution in [-0.4, -0.2) is 11.9 Å². The average Bonchev–Trinajstić information content (AvgIpc) is 3.19. The van der Waals surface area contributed by atoms with Gasteiger partial charge in [0.1, 0.15) is 23.1 Å². The fourth-order valence-electron chi connectivity index (χ4n) is 4.51. The first-order valence-corrected chi connectivity index (χ1v) is 12.4. The number of rotatable bonds is 6. The summed E-state index contributed by atoms with van der Waals surface area (Å²) in [6.45, 7) is 14.3. The number of fused-ring (bicyclic) bond motifs is 3. The third-order valence-electron chi connectivity index (χ3n) is 6.60. The molecule has 0 heterocycles. The molecule has 0 unspecified atom stereocenters. The van der Waals surface area contributed by atoms with Crippen molar-refractivity contribution in [3.05, 3.63) is 126 Å². The van der Waals surface area contributed by atoms with E-state index < -0.39 is 23.6 Å². The Bertz CT molecular complexity index is 1650. The van der Waals surface area contributed by atoms with Crippen LogP contribution < -0.4 is 9.47 Å². The fraction of sp³-hybridized carbons (Fsp3) is 0.0588. The molecule has 198 valence electrons. The highest BCUT2D eigenvalue weighted by atomic mass is 19.1. The van der Waals surface area contributed by atoms with Crippen LogP contribution in [0.15, 0.2) is 104 Å². The molecule has 4 nitrogen and oxygen atoms in total. The Balaban J connectivity index is 1.43. The Morgan fingerprint density at radius 3 is 1.30 bits per heavy atom. The summed E-state index contributed by atoms with van der Waals surface area (Å²) in [4.78, 5) is 23.5. The summed E-state index contributed by atoms with van der Waals surface area (Å²) in [5.74, 6) is -2.14. The van der Waals surface area contributed by atoms with Crippen LogP contribution in [-0.2, 0) is 9.59 Å². The van der Waals surface area contributed by atoms with Gasteiger partial charge in [-0.2, -0.15) is 0 Å². The number of ether oxygens (including phenoxy) is 2. The lowest BCUT2D eigenvalue weighted by atomic mass is 9.97. The minimum atomic E-state index is -0.625. The number of hydrogen-bond donors (Lipinski definition) is 0. The van der Waals surface area contributed by atoms with Crippen molar-refractivity contribution in [3.8, 4) is 44.9 Å². The number of halogens is 2. The van der Waals surface area contributed by atoms with Crippen LogP contribution in [0.1, 0.15) is 25.0 Å². The summed E-state index contributed by atoms with van der Waals surface area (Å²) in [6, 6.07) is 19.7. The highest BCUT2D eigenvalue weighted by Gasteiger charge is 2.24. The van der Waals surface area contributed by atoms with Gasteiger partial charge in [-0.25, -0.2) is 18.4 Å². The van der Waals surface area contributed by atoms with Crippen LogP contribution in [0.2, 0.25) is 0 Å². The van der Waals surface area contributed by atoms with Gasteiger partial charge in [-0.1, -0.05) is 44.0 Å². The molecule has 4 aromatic carbocycles. The van der Waals surface area contributed by atoms with E-state index in [4.69, 9.17) is 9.47 Å². The number of carbonyl (C=O) groups excluding carboxylic acids is 2. The molecule has 0 amide bonds. The molecule has 0 saturated carbocycles. The van der Waals surface area contributed by atoms with Gasteiger partial charge in [-0.3, -0.25) is 0 Å². The molecule has 1 aliphatic rings. The lowest BCUT2D eigenvalue weighted by molar-refractivity contribution is -0.130. The summed E-state index contributed by atoms with van der Waals surface area (Å²) in [5.41, 5.74) is 6.66. The molecule has 0 saturated heterocycles. The maximum absolute atomic E-state index is 15.0. The van der Waals surface area contributed by atoms with Crippen LogP contribution in [0.25, 0.3) is 39.0 Å². The quantitative estimate of drug-likeness (QED) is 0.125. The van der Waals surface area contributed by atoms with E-state index in [1.165, 1.54) is 38.1 Å². The second kappa shape index (κ2) is 10.2. The molecule has 0 aliphatic heterocycles. The summed E-state index contributed by atoms with van der Waals surface area (Å²) in [5, 5.41) is 0. The standard InChI is InChI=1S/C34H24F2O4/c1-18(2)33(37)39-23-8-12-25(31(35)16-23)21-6-10-27-28-11-7-22(15-30(28)20(5)29(27)14-21)26-13-9-24(17-32(26)36)40-34(38)19(3)4/h6-17H,1,3,5H2,2,4H3. The molecule has 40 heavy (non-hydrogen) atoms. The van der Waals surface area contributed by atoms with Crippen molar-refractivity contribution in [1.82, 2.24) is 0 Å². The minimum absolute atomic E-state index is 0.0917. The monoisotopic (exact) mass is 534 g/mol. The van der Waals surface area contributed by atoms with Crippen LogP contribution in [0.3, 0.4) is 0 Å². The molecule has 0 atom stereocenters. The van der Waals surface area contributed by atoms with Crippen LogP contribution >= 0.6 is 0 Å². The molecule has 4 aromatic rings. The summed E-state index contributed by atoms with van der Waals surface area (Å²) >= 11 is 0. The lowest BCUT2D eigenvalue weighted by Gasteiger charge is -2.09. The summed E-state index contributed by atoms with van der Waals surface area (Å²) < 4.78 is 40.3. The first-order valence-electron chi connectivity index (χ1n) is 12.4. The van der Waals surface area contributed by atoms with Crippen LogP contribution in [0.4, 0.5) is 8.78 Å². The van der Waals surface area contributed by atoms with E-state index in [1.807, 2.05) is 36.4 Å². The SMILES string of the molecule is C=C(C)C(=O)Oc1ccc(-c2ccc3c(c2)C(=C)c2cc(-c4ccc(OC(=O)C(=C)C)cc4F)ccc2-3)c(F)c1. The predicted octanol–water partition coefficient (Wildman–Crippen LogP) is 8.30. The van der Waals surface area contributed by atoms with E-state index in [0.717, 1.165) is 27.8 Å². The normalized spacial score (nSPS) is 11.4. The van der Waals surface area contributed by atoms with Gasteiger partial charge >= 0.3 is 11.9 Å².